The fraction of sp³-hybridized carbons (Fsp3) is 0.707. The molecule has 5 aliphatic carbocycles. The average Bonchev–Trinajstić information content (AvgIpc) is 3.04. The van der Waals surface area contributed by atoms with Crippen molar-refractivity contribution in [3.8, 4) is 0 Å². The first kappa shape index (κ1) is 35.7. The molecule has 0 aliphatic heterocycles. The van der Waals surface area contributed by atoms with Gasteiger partial charge in [0.25, 0.3) is 0 Å². The van der Waals surface area contributed by atoms with E-state index in [1.165, 1.54) is 12.7 Å². The number of aliphatic carboxylic acids is 1. The number of amides is 2. The summed E-state index contributed by atoms with van der Waals surface area (Å²) in [6.45, 7) is 16.0. The SMILES string of the molecule is COC(=O)[C@@]1(C)CC[C@]2(C)CC[C@]3(C)C(=CC(=O)[C@@H]4[C@@]5(C)CCC(NC(=O)N[C@@H](Cc6ccccc6)C(=O)O)C(C)(C)[C@@H]5CC[C@]43C)[C@H]2C1. The smallest absolute Gasteiger partial charge is 0.326 e. The number of allylic oxidation sites excluding steroid dienone is 2. The monoisotopic (exact) mass is 674 g/mol. The molecule has 8 heteroatoms. The molecule has 4 saturated carbocycles. The molecule has 2 amide bonds. The molecular weight excluding hydrogens is 616 g/mol. The molecule has 0 heterocycles. The summed E-state index contributed by atoms with van der Waals surface area (Å²) in [4.78, 5) is 53.2. The Bertz CT molecular complexity index is 1550. The Labute approximate surface area is 292 Å². The number of carboxylic acid groups (broad SMARTS) is 1. The largest absolute Gasteiger partial charge is 0.480 e. The van der Waals surface area contributed by atoms with Gasteiger partial charge >= 0.3 is 18.0 Å². The van der Waals surface area contributed by atoms with Crippen LogP contribution in [0.4, 0.5) is 4.79 Å². The number of carbonyl (C=O) groups is 4. The number of carbonyl (C=O) groups excluding carboxylic acids is 3. The van der Waals surface area contributed by atoms with Gasteiger partial charge in [-0.05, 0) is 115 Å². The summed E-state index contributed by atoms with van der Waals surface area (Å²) in [7, 11) is 1.48. The van der Waals surface area contributed by atoms with Gasteiger partial charge in [-0.3, -0.25) is 9.59 Å². The molecular formula is C41H58N2O6. The van der Waals surface area contributed by atoms with E-state index in [-0.39, 0.29) is 69.0 Å². The van der Waals surface area contributed by atoms with Gasteiger partial charge in [0.15, 0.2) is 5.78 Å². The van der Waals surface area contributed by atoms with Crippen LogP contribution in [0.1, 0.15) is 112 Å². The molecule has 0 spiro atoms. The summed E-state index contributed by atoms with van der Waals surface area (Å²) in [5.41, 5.74) is 0.704. The van der Waals surface area contributed by atoms with Crippen LogP contribution < -0.4 is 10.6 Å². The lowest BCUT2D eigenvalue weighted by Crippen LogP contribution is -2.68. The average molecular weight is 675 g/mol. The molecule has 4 fully saturated rings. The van der Waals surface area contributed by atoms with Crippen LogP contribution in [0.3, 0.4) is 0 Å². The van der Waals surface area contributed by atoms with Gasteiger partial charge in [0.05, 0.1) is 12.5 Å². The minimum absolute atomic E-state index is 0.0660. The highest BCUT2D eigenvalue weighted by Gasteiger charge is 2.70. The standard InChI is InChI=1S/C41H58N2O6/c1-36(2)30-14-17-41(7)32(29(44)23-26-27-24-38(4,34(47)49-8)19-18-37(27,3)20-21-40(26,41)6)39(30,5)16-15-31(36)43-35(48)42-28(33(45)46)22-25-12-10-9-11-13-25/h9-13,23,27-28,30-32H,14-22,24H2,1-8H3,(H,45,46)(H2,42,43,48)/t27-,28+,30+,31?,32-,37-,38+,39+,40-,41-/m1/s1. The van der Waals surface area contributed by atoms with Crippen molar-refractivity contribution in [2.45, 2.75) is 125 Å². The van der Waals surface area contributed by atoms with Crippen LogP contribution in [0.5, 0.6) is 0 Å². The van der Waals surface area contributed by atoms with Gasteiger partial charge in [0, 0.05) is 18.4 Å². The first-order valence-corrected chi connectivity index (χ1v) is 18.5. The quantitative estimate of drug-likeness (QED) is 0.269. The molecule has 1 aromatic rings. The third-order valence-electron chi connectivity index (χ3n) is 15.5. The molecule has 268 valence electrons. The summed E-state index contributed by atoms with van der Waals surface area (Å²) < 4.78 is 5.29. The van der Waals surface area contributed by atoms with E-state index in [9.17, 15) is 24.3 Å². The predicted octanol–water partition coefficient (Wildman–Crippen LogP) is 7.50. The maximum absolute atomic E-state index is 14.7. The Morgan fingerprint density at radius 3 is 2.24 bits per heavy atom. The van der Waals surface area contributed by atoms with Crippen LogP contribution in [0.2, 0.25) is 0 Å². The third kappa shape index (κ3) is 5.45. The van der Waals surface area contributed by atoms with E-state index in [0.29, 0.717) is 0 Å². The molecule has 1 unspecified atom stereocenters. The van der Waals surface area contributed by atoms with Crippen molar-refractivity contribution in [3.05, 3.63) is 47.5 Å². The summed E-state index contributed by atoms with van der Waals surface area (Å²) in [5.74, 6) is -0.736. The van der Waals surface area contributed by atoms with E-state index < -0.39 is 23.5 Å². The molecule has 49 heavy (non-hydrogen) atoms. The molecule has 0 bridgehead atoms. The second-order valence-corrected chi connectivity index (χ2v) is 18.4. The van der Waals surface area contributed by atoms with Gasteiger partial charge in [-0.25, -0.2) is 9.59 Å². The number of hydrogen-bond donors (Lipinski definition) is 3. The minimum Gasteiger partial charge on any atom is -0.480 e. The fourth-order valence-electron chi connectivity index (χ4n) is 12.3. The first-order valence-electron chi connectivity index (χ1n) is 18.5. The molecule has 1 aromatic carbocycles. The van der Waals surface area contributed by atoms with Crippen LogP contribution in [0, 0.1) is 50.2 Å². The van der Waals surface area contributed by atoms with Crippen molar-refractivity contribution in [3.63, 3.8) is 0 Å². The van der Waals surface area contributed by atoms with Gasteiger partial charge in [-0.2, -0.15) is 0 Å². The van der Waals surface area contributed by atoms with E-state index >= 15 is 0 Å². The Morgan fingerprint density at radius 1 is 0.918 bits per heavy atom. The maximum Gasteiger partial charge on any atom is 0.326 e. The Balaban J connectivity index is 1.25. The number of esters is 1. The summed E-state index contributed by atoms with van der Waals surface area (Å²) in [6, 6.07) is 7.68. The second kappa shape index (κ2) is 12.0. The second-order valence-electron chi connectivity index (χ2n) is 18.4. The van der Waals surface area contributed by atoms with E-state index in [1.54, 1.807) is 0 Å². The van der Waals surface area contributed by atoms with Crippen LogP contribution in [0.15, 0.2) is 42.0 Å². The number of ether oxygens (including phenoxy) is 1. The summed E-state index contributed by atoms with van der Waals surface area (Å²) in [6.07, 6.45) is 10.3. The lowest BCUT2D eigenvalue weighted by Gasteiger charge is -2.70. The maximum atomic E-state index is 14.7. The lowest BCUT2D eigenvalue weighted by atomic mass is 9.33. The zero-order valence-electron chi connectivity index (χ0n) is 30.9. The van der Waals surface area contributed by atoms with Crippen LogP contribution in [-0.4, -0.2) is 48.1 Å². The highest BCUT2D eigenvalue weighted by molar-refractivity contribution is 5.96. The number of benzene rings is 1. The van der Waals surface area contributed by atoms with Gasteiger partial charge in [0.2, 0.25) is 0 Å². The van der Waals surface area contributed by atoms with Gasteiger partial charge in [-0.15, -0.1) is 0 Å². The number of methoxy groups -OCH3 is 1. The normalized spacial score (nSPS) is 41.4. The number of urea groups is 1. The zero-order chi connectivity index (χ0) is 35.8. The number of fused-ring (bicyclic) bond motifs is 7. The molecule has 5 aliphatic rings. The number of rotatable bonds is 6. The zero-order valence-corrected chi connectivity index (χ0v) is 30.9. The topological polar surface area (TPSA) is 122 Å². The van der Waals surface area contributed by atoms with Crippen molar-refractivity contribution in [1.29, 1.82) is 0 Å². The van der Waals surface area contributed by atoms with E-state index in [2.05, 4.69) is 52.2 Å². The fourth-order valence-corrected chi connectivity index (χ4v) is 12.3. The first-order chi connectivity index (χ1) is 22.8. The Morgan fingerprint density at radius 2 is 1.59 bits per heavy atom. The summed E-state index contributed by atoms with van der Waals surface area (Å²) >= 11 is 0. The van der Waals surface area contributed by atoms with E-state index in [4.69, 9.17) is 4.74 Å². The van der Waals surface area contributed by atoms with Crippen molar-refractivity contribution in [1.82, 2.24) is 10.6 Å². The minimum atomic E-state index is -1.07. The molecule has 0 saturated heterocycles. The molecule has 10 atom stereocenters. The van der Waals surface area contributed by atoms with Crippen LogP contribution in [-0.2, 0) is 25.5 Å². The molecule has 3 N–H and O–H groups in total. The van der Waals surface area contributed by atoms with Crippen molar-refractivity contribution >= 4 is 23.8 Å². The number of nitrogens with one attached hydrogen (secondary N) is 2. The van der Waals surface area contributed by atoms with Gasteiger partial charge < -0.3 is 20.5 Å². The van der Waals surface area contributed by atoms with Gasteiger partial charge in [0.1, 0.15) is 6.04 Å². The third-order valence-corrected chi connectivity index (χ3v) is 15.5. The van der Waals surface area contributed by atoms with Crippen molar-refractivity contribution in [2.24, 2.45) is 50.2 Å². The van der Waals surface area contributed by atoms with E-state index in [1.807, 2.05) is 43.3 Å². The van der Waals surface area contributed by atoms with E-state index in [0.717, 1.165) is 63.4 Å². The lowest BCUT2D eigenvalue weighted by molar-refractivity contribution is -0.189. The summed E-state index contributed by atoms with van der Waals surface area (Å²) in [5, 5.41) is 15.8. The molecule has 0 aromatic heterocycles. The molecule has 0 radical (unpaired) electrons. The van der Waals surface area contributed by atoms with Gasteiger partial charge in [-0.1, -0.05) is 77.4 Å². The molecule has 8 nitrogen and oxygen atoms in total. The highest BCUT2D eigenvalue weighted by Crippen LogP contribution is 2.75. The van der Waals surface area contributed by atoms with Crippen molar-refractivity contribution < 1.29 is 29.0 Å². The van der Waals surface area contributed by atoms with Crippen LogP contribution >= 0.6 is 0 Å². The Hall–Kier alpha value is -3.16. The number of ketones is 1. The Kier molecular flexibility index (Phi) is 8.71. The molecule has 6 rings (SSSR count). The van der Waals surface area contributed by atoms with Crippen molar-refractivity contribution in [2.75, 3.05) is 7.11 Å². The highest BCUT2D eigenvalue weighted by atomic mass is 16.5. The van der Waals surface area contributed by atoms with Crippen LogP contribution in [0.25, 0.3) is 0 Å². The number of carboxylic acids is 1. The predicted molar refractivity (Wildman–Crippen MR) is 188 cm³/mol. The number of hydrogen-bond acceptors (Lipinski definition) is 5.